The third-order valence-corrected chi connectivity index (χ3v) is 3.77. The van der Waals surface area contributed by atoms with E-state index in [0.29, 0.717) is 5.69 Å². The Labute approximate surface area is 115 Å². The lowest BCUT2D eigenvalue weighted by molar-refractivity contribution is 0.415. The van der Waals surface area contributed by atoms with E-state index in [4.69, 9.17) is 10.5 Å². The van der Waals surface area contributed by atoms with Gasteiger partial charge in [0.15, 0.2) is 0 Å². The van der Waals surface area contributed by atoms with Crippen LogP contribution in [0.5, 0.6) is 5.75 Å². The zero-order chi connectivity index (χ0) is 13.1. The number of ether oxygens (including phenoxy) is 1. The molecule has 2 aromatic rings. The zero-order valence-corrected chi connectivity index (χ0v) is 11.9. The first-order valence-corrected chi connectivity index (χ1v) is 6.37. The van der Waals surface area contributed by atoms with E-state index in [2.05, 4.69) is 21.2 Å². The summed E-state index contributed by atoms with van der Waals surface area (Å²) in [6, 6.07) is 11.6. The van der Waals surface area contributed by atoms with Crippen molar-refractivity contribution in [3.63, 3.8) is 0 Å². The Morgan fingerprint density at radius 2 is 1.94 bits per heavy atom. The monoisotopic (exact) mass is 306 g/mol. The molecule has 94 valence electrons. The summed E-state index contributed by atoms with van der Waals surface area (Å²) in [5.41, 5.74) is 9.66. The van der Waals surface area contributed by atoms with Gasteiger partial charge in [-0.2, -0.15) is 0 Å². The lowest BCUT2D eigenvalue weighted by Gasteiger charge is -2.13. The number of methoxy groups -OCH3 is 1. The summed E-state index contributed by atoms with van der Waals surface area (Å²) in [4.78, 5) is 0. The molecule has 2 rings (SSSR count). The molecule has 0 radical (unpaired) electrons. The molecule has 18 heavy (non-hydrogen) atoms. The molecule has 2 aromatic carbocycles. The summed E-state index contributed by atoms with van der Waals surface area (Å²) in [5.74, 6) is 0.751. The Kier molecular flexibility index (Phi) is 3.77. The van der Waals surface area contributed by atoms with Gasteiger partial charge in [0.1, 0.15) is 5.75 Å². The average Bonchev–Trinajstić information content (AvgIpc) is 2.37. The second-order valence-electron chi connectivity index (χ2n) is 4.01. The van der Waals surface area contributed by atoms with Crippen molar-refractivity contribution in [3.05, 3.63) is 46.4 Å². The minimum absolute atomic E-state index is 0.655. The van der Waals surface area contributed by atoms with Crippen LogP contribution in [0.2, 0.25) is 0 Å². The molecule has 0 aliphatic heterocycles. The topological polar surface area (TPSA) is 47.3 Å². The summed E-state index contributed by atoms with van der Waals surface area (Å²) >= 11 is 3.56. The van der Waals surface area contributed by atoms with Gasteiger partial charge in [-0.25, -0.2) is 0 Å². The Bertz CT molecular complexity index is 570. The van der Waals surface area contributed by atoms with Crippen molar-refractivity contribution < 1.29 is 4.74 Å². The number of aryl methyl sites for hydroxylation is 1. The lowest BCUT2D eigenvalue weighted by atomic mass is 10.2. The molecule has 0 saturated heterocycles. The first-order chi connectivity index (χ1) is 8.61. The number of hydrogen-bond acceptors (Lipinski definition) is 3. The van der Waals surface area contributed by atoms with Gasteiger partial charge in [0, 0.05) is 10.5 Å². The predicted octanol–water partition coefficient (Wildman–Crippen LogP) is 4.09. The molecule has 4 heteroatoms. The highest BCUT2D eigenvalue weighted by molar-refractivity contribution is 9.10. The molecule has 0 amide bonds. The van der Waals surface area contributed by atoms with Crippen molar-refractivity contribution in [2.24, 2.45) is 0 Å². The van der Waals surface area contributed by atoms with E-state index >= 15 is 0 Å². The Hall–Kier alpha value is -1.68. The van der Waals surface area contributed by atoms with Crippen LogP contribution in [-0.4, -0.2) is 7.11 Å². The number of hydrogen-bond donors (Lipinski definition) is 2. The van der Waals surface area contributed by atoms with E-state index in [1.165, 1.54) is 5.56 Å². The number of benzene rings is 2. The van der Waals surface area contributed by atoms with Crippen molar-refractivity contribution in [2.75, 3.05) is 18.2 Å². The molecule has 0 aromatic heterocycles. The van der Waals surface area contributed by atoms with E-state index < -0.39 is 0 Å². The molecule has 0 unspecified atom stereocenters. The fraction of sp³-hybridized carbons (Fsp3) is 0.143. The maximum Gasteiger partial charge on any atom is 0.121 e. The molecule has 0 saturated carbocycles. The Morgan fingerprint density at radius 1 is 1.17 bits per heavy atom. The molecule has 0 aliphatic rings. The third-order valence-electron chi connectivity index (χ3n) is 2.72. The first kappa shape index (κ1) is 12.8. The zero-order valence-electron chi connectivity index (χ0n) is 10.3. The summed E-state index contributed by atoms with van der Waals surface area (Å²) in [5, 5.41) is 3.31. The average molecular weight is 307 g/mol. The van der Waals surface area contributed by atoms with Gasteiger partial charge in [0.25, 0.3) is 0 Å². The minimum Gasteiger partial charge on any atom is -0.497 e. The van der Waals surface area contributed by atoms with Gasteiger partial charge in [-0.05, 0) is 46.6 Å². The SMILES string of the molecule is COc1ccc(Nc2cccc(C)c2Br)c(N)c1. The van der Waals surface area contributed by atoms with Crippen molar-refractivity contribution in [2.45, 2.75) is 6.92 Å². The van der Waals surface area contributed by atoms with Crippen LogP contribution >= 0.6 is 15.9 Å². The van der Waals surface area contributed by atoms with Crippen molar-refractivity contribution in [1.29, 1.82) is 0 Å². The van der Waals surface area contributed by atoms with Crippen LogP contribution < -0.4 is 15.8 Å². The van der Waals surface area contributed by atoms with Gasteiger partial charge in [-0.1, -0.05) is 12.1 Å². The van der Waals surface area contributed by atoms with Gasteiger partial charge in [0.2, 0.25) is 0 Å². The highest BCUT2D eigenvalue weighted by Crippen LogP contribution is 2.32. The standard InChI is InChI=1S/C14H15BrN2O/c1-9-4-3-5-13(14(9)15)17-12-7-6-10(18-2)8-11(12)16/h3-8,17H,16H2,1-2H3. The van der Waals surface area contributed by atoms with Crippen LogP contribution in [0.4, 0.5) is 17.1 Å². The van der Waals surface area contributed by atoms with Crippen molar-refractivity contribution >= 4 is 33.0 Å². The molecule has 3 nitrogen and oxygen atoms in total. The van der Waals surface area contributed by atoms with Crippen LogP contribution in [0.25, 0.3) is 0 Å². The van der Waals surface area contributed by atoms with E-state index in [1.807, 2.05) is 37.3 Å². The van der Waals surface area contributed by atoms with Gasteiger partial charge in [-0.3, -0.25) is 0 Å². The van der Waals surface area contributed by atoms with Crippen molar-refractivity contribution in [3.8, 4) is 5.75 Å². The summed E-state index contributed by atoms with van der Waals surface area (Å²) < 4.78 is 6.17. The van der Waals surface area contributed by atoms with E-state index in [1.54, 1.807) is 13.2 Å². The number of nitrogens with one attached hydrogen (secondary N) is 1. The summed E-state index contributed by atoms with van der Waals surface area (Å²) in [6.07, 6.45) is 0. The Balaban J connectivity index is 2.31. The molecule has 0 bridgehead atoms. The summed E-state index contributed by atoms with van der Waals surface area (Å²) in [7, 11) is 1.62. The Morgan fingerprint density at radius 3 is 2.61 bits per heavy atom. The van der Waals surface area contributed by atoms with Crippen LogP contribution in [-0.2, 0) is 0 Å². The number of nitrogen functional groups attached to an aromatic ring is 1. The van der Waals surface area contributed by atoms with Crippen molar-refractivity contribution in [1.82, 2.24) is 0 Å². The normalized spacial score (nSPS) is 10.2. The number of anilines is 3. The van der Waals surface area contributed by atoms with E-state index in [0.717, 1.165) is 21.6 Å². The minimum atomic E-state index is 0.655. The van der Waals surface area contributed by atoms with Crippen LogP contribution in [0.1, 0.15) is 5.56 Å². The number of rotatable bonds is 3. The fourth-order valence-electron chi connectivity index (χ4n) is 1.67. The van der Waals surface area contributed by atoms with Crippen LogP contribution in [0.3, 0.4) is 0 Å². The molecule has 3 N–H and O–H groups in total. The molecular weight excluding hydrogens is 292 g/mol. The third kappa shape index (κ3) is 2.59. The van der Waals surface area contributed by atoms with E-state index in [-0.39, 0.29) is 0 Å². The van der Waals surface area contributed by atoms with Gasteiger partial charge in [-0.15, -0.1) is 0 Å². The number of nitrogens with two attached hydrogens (primary N) is 1. The molecule has 0 aliphatic carbocycles. The predicted molar refractivity (Wildman–Crippen MR) is 79.6 cm³/mol. The summed E-state index contributed by atoms with van der Waals surface area (Å²) in [6.45, 7) is 2.05. The molecule has 0 spiro atoms. The highest BCUT2D eigenvalue weighted by Gasteiger charge is 2.05. The van der Waals surface area contributed by atoms with E-state index in [9.17, 15) is 0 Å². The first-order valence-electron chi connectivity index (χ1n) is 5.57. The lowest BCUT2D eigenvalue weighted by Crippen LogP contribution is -1.98. The second-order valence-corrected chi connectivity index (χ2v) is 4.81. The largest absolute Gasteiger partial charge is 0.497 e. The highest BCUT2D eigenvalue weighted by atomic mass is 79.9. The maximum atomic E-state index is 5.98. The second kappa shape index (κ2) is 5.31. The smallest absolute Gasteiger partial charge is 0.121 e. The molecular formula is C14H15BrN2O. The molecule has 0 heterocycles. The number of halogens is 1. The fourth-order valence-corrected chi connectivity index (χ4v) is 2.03. The van der Waals surface area contributed by atoms with Gasteiger partial charge >= 0.3 is 0 Å². The van der Waals surface area contributed by atoms with Crippen LogP contribution in [0, 0.1) is 6.92 Å². The van der Waals surface area contributed by atoms with Gasteiger partial charge in [0.05, 0.1) is 24.2 Å². The van der Waals surface area contributed by atoms with Gasteiger partial charge < -0.3 is 15.8 Å². The van der Waals surface area contributed by atoms with Crippen LogP contribution in [0.15, 0.2) is 40.9 Å². The molecule has 0 fully saturated rings. The molecule has 0 atom stereocenters. The quantitative estimate of drug-likeness (QED) is 0.840. The maximum absolute atomic E-state index is 5.98.